The first-order valence-corrected chi connectivity index (χ1v) is 6.55. The zero-order valence-corrected chi connectivity index (χ0v) is 10.5. The molecule has 1 atom stereocenters. The predicted molar refractivity (Wildman–Crippen MR) is 65.0 cm³/mol. The van der Waals surface area contributed by atoms with Gasteiger partial charge in [0.25, 0.3) is 0 Å². The molecule has 0 saturated heterocycles. The Bertz CT molecular complexity index is 275. The normalized spacial score (nSPS) is 24.1. The van der Waals surface area contributed by atoms with Crippen LogP contribution in [-0.4, -0.2) is 37.1 Å². The molecule has 2 aliphatic carbocycles. The highest BCUT2D eigenvalue weighted by Crippen LogP contribution is 2.40. The van der Waals surface area contributed by atoms with E-state index in [9.17, 15) is 5.26 Å². The molecule has 0 aliphatic heterocycles. The molecule has 3 nitrogen and oxygen atoms in total. The Morgan fingerprint density at radius 1 is 1.38 bits per heavy atom. The molecule has 0 amide bonds. The van der Waals surface area contributed by atoms with Gasteiger partial charge in [0.05, 0.1) is 6.07 Å². The summed E-state index contributed by atoms with van der Waals surface area (Å²) in [6.45, 7) is 5.04. The quantitative estimate of drug-likeness (QED) is 0.710. The van der Waals surface area contributed by atoms with Crippen LogP contribution in [0.2, 0.25) is 0 Å². The molecule has 0 bridgehead atoms. The molecular weight excluding hydrogens is 198 g/mol. The number of rotatable bonds is 7. The Kier molecular flexibility index (Phi) is 3.51. The Morgan fingerprint density at radius 3 is 2.50 bits per heavy atom. The number of likely N-dealkylation sites (N-methyl/N-ethyl adjacent to an activating group) is 2. The van der Waals surface area contributed by atoms with Crippen LogP contribution in [-0.2, 0) is 0 Å². The van der Waals surface area contributed by atoms with E-state index in [1.54, 1.807) is 0 Å². The standard InChI is InChI=1S/C13H23N3/c1-3-15-13(9-14,12-6-7-12)10-16(2)8-11-4-5-11/h11-12,15H,3-8,10H2,1-2H3. The van der Waals surface area contributed by atoms with Crippen molar-refractivity contribution in [3.63, 3.8) is 0 Å². The third kappa shape index (κ3) is 2.75. The summed E-state index contributed by atoms with van der Waals surface area (Å²) >= 11 is 0. The molecule has 0 heterocycles. The highest BCUT2D eigenvalue weighted by atomic mass is 15.2. The molecule has 1 unspecified atom stereocenters. The van der Waals surface area contributed by atoms with Crippen molar-refractivity contribution < 1.29 is 0 Å². The minimum absolute atomic E-state index is 0.279. The lowest BCUT2D eigenvalue weighted by Gasteiger charge is -2.32. The summed E-state index contributed by atoms with van der Waals surface area (Å²) in [6, 6.07) is 2.55. The molecule has 0 aromatic rings. The first-order valence-electron chi connectivity index (χ1n) is 6.55. The van der Waals surface area contributed by atoms with Gasteiger partial charge >= 0.3 is 0 Å². The van der Waals surface area contributed by atoms with Gasteiger partial charge in [-0.05, 0) is 51.1 Å². The summed E-state index contributed by atoms with van der Waals surface area (Å²) in [4.78, 5) is 2.35. The minimum atomic E-state index is -0.279. The number of hydrogen-bond donors (Lipinski definition) is 1. The van der Waals surface area contributed by atoms with Gasteiger partial charge in [-0.25, -0.2) is 0 Å². The van der Waals surface area contributed by atoms with Crippen molar-refractivity contribution in [1.82, 2.24) is 10.2 Å². The molecular formula is C13H23N3. The van der Waals surface area contributed by atoms with Crippen LogP contribution in [0.1, 0.15) is 32.6 Å². The number of nitriles is 1. The molecule has 0 spiro atoms. The Balaban J connectivity index is 1.91. The number of hydrogen-bond acceptors (Lipinski definition) is 3. The lowest BCUT2D eigenvalue weighted by molar-refractivity contribution is 0.224. The summed E-state index contributed by atoms with van der Waals surface area (Å²) in [6.07, 6.45) is 5.21. The molecule has 0 radical (unpaired) electrons. The van der Waals surface area contributed by atoms with E-state index < -0.39 is 0 Å². The van der Waals surface area contributed by atoms with Crippen molar-refractivity contribution in [2.75, 3.05) is 26.7 Å². The van der Waals surface area contributed by atoms with Crippen molar-refractivity contribution in [3.05, 3.63) is 0 Å². The summed E-state index contributed by atoms with van der Waals surface area (Å²) in [5.41, 5.74) is -0.279. The van der Waals surface area contributed by atoms with Crippen LogP contribution in [0.4, 0.5) is 0 Å². The van der Waals surface area contributed by atoms with E-state index in [0.717, 1.165) is 19.0 Å². The number of nitrogens with zero attached hydrogens (tertiary/aromatic N) is 2. The van der Waals surface area contributed by atoms with Crippen molar-refractivity contribution in [2.45, 2.75) is 38.1 Å². The molecule has 2 saturated carbocycles. The zero-order valence-electron chi connectivity index (χ0n) is 10.5. The third-order valence-electron chi connectivity index (χ3n) is 3.75. The molecule has 2 fully saturated rings. The second kappa shape index (κ2) is 4.73. The second-order valence-electron chi connectivity index (χ2n) is 5.53. The summed E-state index contributed by atoms with van der Waals surface area (Å²) in [5.74, 6) is 1.49. The molecule has 1 N–H and O–H groups in total. The average Bonchev–Trinajstić information content (AvgIpc) is 3.09. The van der Waals surface area contributed by atoms with Crippen molar-refractivity contribution in [1.29, 1.82) is 5.26 Å². The Morgan fingerprint density at radius 2 is 2.06 bits per heavy atom. The van der Waals surface area contributed by atoms with Crippen LogP contribution in [0.3, 0.4) is 0 Å². The minimum Gasteiger partial charge on any atom is -0.303 e. The van der Waals surface area contributed by atoms with Crippen molar-refractivity contribution >= 4 is 0 Å². The summed E-state index contributed by atoms with van der Waals surface area (Å²) < 4.78 is 0. The maximum absolute atomic E-state index is 9.48. The van der Waals surface area contributed by atoms with E-state index in [0.29, 0.717) is 5.92 Å². The fourth-order valence-corrected chi connectivity index (χ4v) is 2.62. The monoisotopic (exact) mass is 221 g/mol. The fraction of sp³-hybridized carbons (Fsp3) is 0.923. The SMILES string of the molecule is CCNC(C#N)(CN(C)CC1CC1)C1CC1. The van der Waals surface area contributed by atoms with Gasteiger partial charge in [0.1, 0.15) is 5.54 Å². The maximum atomic E-state index is 9.48. The highest BCUT2D eigenvalue weighted by molar-refractivity contribution is 5.16. The Hall–Kier alpha value is -0.590. The van der Waals surface area contributed by atoms with E-state index in [-0.39, 0.29) is 5.54 Å². The number of nitrogens with one attached hydrogen (secondary N) is 1. The van der Waals surface area contributed by atoms with Crippen molar-refractivity contribution in [2.24, 2.45) is 11.8 Å². The van der Waals surface area contributed by atoms with E-state index in [1.807, 2.05) is 0 Å². The van der Waals surface area contributed by atoms with Crippen LogP contribution >= 0.6 is 0 Å². The lowest BCUT2D eigenvalue weighted by atomic mass is 9.94. The maximum Gasteiger partial charge on any atom is 0.122 e. The second-order valence-corrected chi connectivity index (χ2v) is 5.53. The summed E-state index contributed by atoms with van der Waals surface area (Å²) in [7, 11) is 2.16. The van der Waals surface area contributed by atoms with E-state index in [2.05, 4.69) is 30.3 Å². The molecule has 2 rings (SSSR count). The largest absolute Gasteiger partial charge is 0.303 e. The van der Waals surface area contributed by atoms with Gasteiger partial charge in [-0.1, -0.05) is 6.92 Å². The van der Waals surface area contributed by atoms with Gasteiger partial charge in [0.15, 0.2) is 0 Å². The first-order chi connectivity index (χ1) is 7.70. The van der Waals surface area contributed by atoms with Gasteiger partial charge in [-0.3, -0.25) is 5.32 Å². The smallest absolute Gasteiger partial charge is 0.122 e. The Labute approximate surface area is 98.8 Å². The molecule has 3 heteroatoms. The topological polar surface area (TPSA) is 39.1 Å². The van der Waals surface area contributed by atoms with Crippen LogP contribution in [0, 0.1) is 23.2 Å². The molecule has 2 aliphatic rings. The van der Waals surface area contributed by atoms with Gasteiger partial charge in [0.2, 0.25) is 0 Å². The van der Waals surface area contributed by atoms with Crippen LogP contribution in [0.25, 0.3) is 0 Å². The zero-order chi connectivity index (χ0) is 11.6. The van der Waals surface area contributed by atoms with Crippen LogP contribution in [0.15, 0.2) is 0 Å². The van der Waals surface area contributed by atoms with Gasteiger partial charge in [-0.2, -0.15) is 5.26 Å². The van der Waals surface area contributed by atoms with Gasteiger partial charge in [-0.15, -0.1) is 0 Å². The van der Waals surface area contributed by atoms with E-state index in [1.165, 1.54) is 32.2 Å². The molecule has 16 heavy (non-hydrogen) atoms. The van der Waals surface area contributed by atoms with Crippen LogP contribution < -0.4 is 5.32 Å². The third-order valence-corrected chi connectivity index (χ3v) is 3.75. The van der Waals surface area contributed by atoms with Crippen LogP contribution in [0.5, 0.6) is 0 Å². The average molecular weight is 221 g/mol. The fourth-order valence-electron chi connectivity index (χ4n) is 2.62. The molecule has 90 valence electrons. The highest BCUT2D eigenvalue weighted by Gasteiger charge is 2.46. The first kappa shape index (κ1) is 11.9. The predicted octanol–water partition coefficient (Wildman–Crippen LogP) is 1.61. The van der Waals surface area contributed by atoms with E-state index >= 15 is 0 Å². The van der Waals surface area contributed by atoms with Gasteiger partial charge in [0, 0.05) is 13.1 Å². The molecule has 0 aromatic heterocycles. The summed E-state index contributed by atoms with van der Waals surface area (Å²) in [5, 5.41) is 12.9. The lowest BCUT2D eigenvalue weighted by Crippen LogP contribution is -2.53. The van der Waals surface area contributed by atoms with E-state index in [4.69, 9.17) is 0 Å². The molecule has 0 aromatic carbocycles. The van der Waals surface area contributed by atoms with Crippen molar-refractivity contribution in [3.8, 4) is 6.07 Å². The van der Waals surface area contributed by atoms with Gasteiger partial charge < -0.3 is 4.90 Å².